The van der Waals surface area contributed by atoms with E-state index in [1.807, 2.05) is 6.07 Å². The van der Waals surface area contributed by atoms with E-state index in [1.54, 1.807) is 31.2 Å². The summed E-state index contributed by atoms with van der Waals surface area (Å²) in [6, 6.07) is 8.95. The molecular formula is C14H15N3O3. The molecule has 1 N–H and O–H groups in total. The van der Waals surface area contributed by atoms with Gasteiger partial charge in [-0.2, -0.15) is 0 Å². The molecule has 20 heavy (non-hydrogen) atoms. The largest absolute Gasteiger partial charge is 0.465 e. The molecule has 0 aliphatic heterocycles. The van der Waals surface area contributed by atoms with Crippen molar-refractivity contribution >= 4 is 17.6 Å². The Bertz CT molecular complexity index is 567. The van der Waals surface area contributed by atoms with Gasteiger partial charge < -0.3 is 9.72 Å². The van der Waals surface area contributed by atoms with Crippen LogP contribution in [-0.4, -0.2) is 35.0 Å². The molecule has 1 amide bonds. The Hall–Kier alpha value is -2.63. The predicted octanol–water partition coefficient (Wildman–Crippen LogP) is 1.62. The van der Waals surface area contributed by atoms with E-state index >= 15 is 0 Å². The van der Waals surface area contributed by atoms with Gasteiger partial charge in [-0.1, -0.05) is 18.2 Å². The highest BCUT2D eigenvalue weighted by molar-refractivity contribution is 6.07. The number of nitrogens with zero attached hydrogens (tertiary/aromatic N) is 2. The van der Waals surface area contributed by atoms with Crippen molar-refractivity contribution in [3.63, 3.8) is 0 Å². The molecule has 0 spiro atoms. The van der Waals surface area contributed by atoms with Gasteiger partial charge in [-0.15, -0.1) is 0 Å². The SMILES string of the molecule is CCOC(=O)CN(C(=O)c1cnc[nH]1)c1ccccc1. The standard InChI is InChI=1S/C14H15N3O3/c1-2-20-13(18)9-17(11-6-4-3-5-7-11)14(19)12-8-15-10-16-12/h3-8,10H,2,9H2,1H3,(H,15,16). The molecule has 0 aliphatic carbocycles. The van der Waals surface area contributed by atoms with Crippen LogP contribution < -0.4 is 4.90 Å². The molecule has 2 rings (SSSR count). The minimum atomic E-state index is -0.454. The maximum Gasteiger partial charge on any atom is 0.326 e. The van der Waals surface area contributed by atoms with Crippen LogP contribution in [0.4, 0.5) is 5.69 Å². The summed E-state index contributed by atoms with van der Waals surface area (Å²) in [4.78, 5) is 32.0. The van der Waals surface area contributed by atoms with Crippen LogP contribution in [0.15, 0.2) is 42.9 Å². The normalized spacial score (nSPS) is 10.1. The highest BCUT2D eigenvalue weighted by Crippen LogP contribution is 2.15. The Morgan fingerprint density at radius 1 is 1.30 bits per heavy atom. The Balaban J connectivity index is 2.25. The number of esters is 1. The smallest absolute Gasteiger partial charge is 0.326 e. The molecule has 0 saturated carbocycles. The van der Waals surface area contributed by atoms with Crippen molar-refractivity contribution in [2.45, 2.75) is 6.92 Å². The zero-order chi connectivity index (χ0) is 14.4. The zero-order valence-corrected chi connectivity index (χ0v) is 11.1. The third kappa shape index (κ3) is 3.23. The second kappa shape index (κ2) is 6.51. The van der Waals surface area contributed by atoms with Gasteiger partial charge in [-0.05, 0) is 19.1 Å². The van der Waals surface area contributed by atoms with Crippen molar-refractivity contribution in [2.75, 3.05) is 18.1 Å². The van der Waals surface area contributed by atoms with Crippen molar-refractivity contribution in [3.05, 3.63) is 48.5 Å². The number of H-pyrrole nitrogens is 1. The lowest BCUT2D eigenvalue weighted by atomic mass is 10.2. The van der Waals surface area contributed by atoms with Gasteiger partial charge in [0.25, 0.3) is 5.91 Å². The molecular weight excluding hydrogens is 258 g/mol. The number of benzene rings is 1. The van der Waals surface area contributed by atoms with Crippen LogP contribution in [0.3, 0.4) is 0 Å². The number of carbonyl (C=O) groups is 2. The number of hydrogen-bond acceptors (Lipinski definition) is 4. The fraction of sp³-hybridized carbons (Fsp3) is 0.214. The molecule has 104 valence electrons. The number of aromatic nitrogens is 2. The lowest BCUT2D eigenvalue weighted by Crippen LogP contribution is -2.36. The first-order valence-corrected chi connectivity index (χ1v) is 6.23. The van der Waals surface area contributed by atoms with Crippen LogP contribution in [0.1, 0.15) is 17.4 Å². The van der Waals surface area contributed by atoms with Gasteiger partial charge in [-0.3, -0.25) is 14.5 Å². The minimum absolute atomic E-state index is 0.143. The van der Waals surface area contributed by atoms with Gasteiger partial charge in [0.15, 0.2) is 0 Å². The number of anilines is 1. The molecule has 6 nitrogen and oxygen atoms in total. The first-order valence-electron chi connectivity index (χ1n) is 6.23. The van der Waals surface area contributed by atoms with Crippen LogP contribution >= 0.6 is 0 Å². The predicted molar refractivity (Wildman–Crippen MR) is 73.3 cm³/mol. The van der Waals surface area contributed by atoms with Crippen LogP contribution in [0.2, 0.25) is 0 Å². The topological polar surface area (TPSA) is 75.3 Å². The van der Waals surface area contributed by atoms with Crippen LogP contribution in [0.25, 0.3) is 0 Å². The van der Waals surface area contributed by atoms with E-state index in [-0.39, 0.29) is 19.1 Å². The number of rotatable bonds is 5. The Morgan fingerprint density at radius 3 is 2.65 bits per heavy atom. The zero-order valence-electron chi connectivity index (χ0n) is 11.1. The molecule has 0 fully saturated rings. The molecule has 1 aromatic heterocycles. The fourth-order valence-corrected chi connectivity index (χ4v) is 1.74. The Morgan fingerprint density at radius 2 is 2.05 bits per heavy atom. The molecule has 1 heterocycles. The molecule has 1 aromatic carbocycles. The molecule has 0 saturated heterocycles. The average Bonchev–Trinajstić information content (AvgIpc) is 2.99. The van der Waals surface area contributed by atoms with E-state index in [2.05, 4.69) is 9.97 Å². The minimum Gasteiger partial charge on any atom is -0.465 e. The van der Waals surface area contributed by atoms with Crippen molar-refractivity contribution in [1.29, 1.82) is 0 Å². The number of aromatic amines is 1. The highest BCUT2D eigenvalue weighted by atomic mass is 16.5. The second-order valence-corrected chi connectivity index (χ2v) is 4.00. The van der Waals surface area contributed by atoms with E-state index in [9.17, 15) is 9.59 Å². The van der Waals surface area contributed by atoms with E-state index in [4.69, 9.17) is 4.74 Å². The van der Waals surface area contributed by atoms with Crippen molar-refractivity contribution in [1.82, 2.24) is 9.97 Å². The van der Waals surface area contributed by atoms with E-state index in [1.165, 1.54) is 17.4 Å². The van der Waals surface area contributed by atoms with E-state index in [0.29, 0.717) is 11.4 Å². The summed E-state index contributed by atoms with van der Waals surface area (Å²) in [5, 5.41) is 0. The van der Waals surface area contributed by atoms with Gasteiger partial charge >= 0.3 is 5.97 Å². The fourth-order valence-electron chi connectivity index (χ4n) is 1.74. The van der Waals surface area contributed by atoms with Gasteiger partial charge in [0, 0.05) is 5.69 Å². The monoisotopic (exact) mass is 273 g/mol. The number of imidazole rings is 1. The molecule has 0 atom stereocenters. The summed E-state index contributed by atoms with van der Waals surface area (Å²) in [6.45, 7) is 1.86. The lowest BCUT2D eigenvalue weighted by Gasteiger charge is -2.21. The molecule has 0 aliphatic rings. The summed E-state index contributed by atoms with van der Waals surface area (Å²) in [5.74, 6) is -0.786. The maximum absolute atomic E-state index is 12.4. The summed E-state index contributed by atoms with van der Waals surface area (Å²) in [7, 11) is 0. The second-order valence-electron chi connectivity index (χ2n) is 4.00. The molecule has 0 radical (unpaired) electrons. The molecule has 0 unspecified atom stereocenters. The third-order valence-electron chi connectivity index (χ3n) is 2.63. The number of nitrogens with one attached hydrogen (secondary N) is 1. The van der Waals surface area contributed by atoms with Crippen LogP contribution in [-0.2, 0) is 9.53 Å². The Labute approximate surface area is 116 Å². The van der Waals surface area contributed by atoms with E-state index in [0.717, 1.165) is 0 Å². The third-order valence-corrected chi connectivity index (χ3v) is 2.63. The highest BCUT2D eigenvalue weighted by Gasteiger charge is 2.22. The van der Waals surface area contributed by atoms with Crippen molar-refractivity contribution in [3.8, 4) is 0 Å². The van der Waals surface area contributed by atoms with Gasteiger partial charge in [0.1, 0.15) is 12.2 Å². The number of hydrogen-bond donors (Lipinski definition) is 1. The first-order chi connectivity index (χ1) is 9.72. The van der Waals surface area contributed by atoms with Gasteiger partial charge in [0.05, 0.1) is 19.1 Å². The quantitative estimate of drug-likeness (QED) is 0.840. The Kier molecular flexibility index (Phi) is 4.49. The van der Waals surface area contributed by atoms with Gasteiger partial charge in [0.2, 0.25) is 0 Å². The van der Waals surface area contributed by atoms with Crippen LogP contribution in [0, 0.1) is 0 Å². The lowest BCUT2D eigenvalue weighted by molar-refractivity contribution is -0.141. The average molecular weight is 273 g/mol. The van der Waals surface area contributed by atoms with Crippen LogP contribution in [0.5, 0.6) is 0 Å². The van der Waals surface area contributed by atoms with Gasteiger partial charge in [-0.25, -0.2) is 4.98 Å². The molecule has 6 heteroatoms. The maximum atomic E-state index is 12.4. The van der Waals surface area contributed by atoms with Crippen molar-refractivity contribution < 1.29 is 14.3 Å². The number of ether oxygens (including phenoxy) is 1. The number of carbonyl (C=O) groups excluding carboxylic acids is 2. The molecule has 0 bridgehead atoms. The van der Waals surface area contributed by atoms with E-state index < -0.39 is 5.97 Å². The summed E-state index contributed by atoms with van der Waals surface area (Å²) < 4.78 is 4.90. The van der Waals surface area contributed by atoms with Crippen molar-refractivity contribution in [2.24, 2.45) is 0 Å². The summed E-state index contributed by atoms with van der Waals surface area (Å²) in [5.41, 5.74) is 0.943. The molecule has 2 aromatic rings. The number of para-hydroxylation sites is 1. The summed E-state index contributed by atoms with van der Waals surface area (Å²) >= 11 is 0. The summed E-state index contributed by atoms with van der Waals surface area (Å²) in [6.07, 6.45) is 2.84. The first kappa shape index (κ1) is 13.8. The number of amides is 1.